The predicted molar refractivity (Wildman–Crippen MR) is 144 cm³/mol. The summed E-state index contributed by atoms with van der Waals surface area (Å²) in [5.41, 5.74) is 0.775. The van der Waals surface area contributed by atoms with Gasteiger partial charge in [0.25, 0.3) is 0 Å². The van der Waals surface area contributed by atoms with Crippen molar-refractivity contribution < 1.29 is 68.3 Å². The van der Waals surface area contributed by atoms with Gasteiger partial charge in [0.2, 0.25) is 17.8 Å². The van der Waals surface area contributed by atoms with Crippen LogP contribution in [0.4, 0.5) is 0 Å². The summed E-state index contributed by atoms with van der Waals surface area (Å²) in [6, 6.07) is 5.70. The SMILES string of the molecule is COc1cc(/C=C/C(=O)OC2OC(CO)C(O)C(O)C2OC(=O)/C=C/c2cc(OC)c(O)c(OC)c2)cc(OC)c1O. The predicted octanol–water partition coefficient (Wildman–Crippen LogP) is 0.753. The number of hydrogen-bond donors (Lipinski definition) is 5. The molecular weight excluding hydrogens is 560 g/mol. The van der Waals surface area contributed by atoms with Crippen LogP contribution in [0, 0.1) is 0 Å². The molecule has 1 aliphatic rings. The van der Waals surface area contributed by atoms with Crippen molar-refractivity contribution in [3.05, 3.63) is 47.5 Å². The average Bonchev–Trinajstić information content (AvgIpc) is 2.99. The van der Waals surface area contributed by atoms with Crippen molar-refractivity contribution in [3.8, 4) is 34.5 Å². The van der Waals surface area contributed by atoms with E-state index in [4.69, 9.17) is 33.2 Å². The Morgan fingerprint density at radius 2 is 1.14 bits per heavy atom. The molecule has 0 bridgehead atoms. The van der Waals surface area contributed by atoms with Crippen molar-refractivity contribution in [2.24, 2.45) is 0 Å². The van der Waals surface area contributed by atoms with E-state index in [0.29, 0.717) is 11.1 Å². The van der Waals surface area contributed by atoms with Gasteiger partial charge in [-0.05, 0) is 47.5 Å². The topological polar surface area (TPSA) is 200 Å². The molecule has 1 fully saturated rings. The molecule has 42 heavy (non-hydrogen) atoms. The molecule has 5 unspecified atom stereocenters. The number of aromatic hydroxyl groups is 2. The summed E-state index contributed by atoms with van der Waals surface area (Å²) in [7, 11) is 5.34. The molecule has 0 spiro atoms. The minimum Gasteiger partial charge on any atom is -0.502 e. The normalized spacial score (nSPS) is 22.1. The number of ether oxygens (including phenoxy) is 7. The Labute approximate surface area is 240 Å². The highest BCUT2D eigenvalue weighted by Gasteiger charge is 2.48. The van der Waals surface area contributed by atoms with Gasteiger partial charge < -0.3 is 58.7 Å². The summed E-state index contributed by atoms with van der Waals surface area (Å²) >= 11 is 0. The lowest BCUT2D eigenvalue weighted by Crippen LogP contribution is -2.60. The van der Waals surface area contributed by atoms with Gasteiger partial charge in [-0.15, -0.1) is 0 Å². The van der Waals surface area contributed by atoms with Crippen molar-refractivity contribution in [2.75, 3.05) is 35.0 Å². The van der Waals surface area contributed by atoms with Gasteiger partial charge >= 0.3 is 11.9 Å². The molecule has 1 saturated heterocycles. The Balaban J connectivity index is 1.78. The Morgan fingerprint density at radius 1 is 0.738 bits per heavy atom. The summed E-state index contributed by atoms with van der Waals surface area (Å²) < 4.78 is 36.2. The number of hydrogen-bond acceptors (Lipinski definition) is 14. The van der Waals surface area contributed by atoms with Crippen molar-refractivity contribution in [1.82, 2.24) is 0 Å². The number of carbonyl (C=O) groups is 2. The Bertz CT molecular complexity index is 1270. The van der Waals surface area contributed by atoms with Crippen LogP contribution < -0.4 is 18.9 Å². The van der Waals surface area contributed by atoms with Crippen molar-refractivity contribution >= 4 is 24.1 Å². The fourth-order valence-corrected chi connectivity index (χ4v) is 3.95. The van der Waals surface area contributed by atoms with E-state index >= 15 is 0 Å². The van der Waals surface area contributed by atoms with E-state index < -0.39 is 49.3 Å². The maximum absolute atomic E-state index is 12.6. The van der Waals surface area contributed by atoms with Gasteiger partial charge in [0, 0.05) is 12.2 Å². The van der Waals surface area contributed by atoms with Crippen molar-refractivity contribution in [1.29, 1.82) is 0 Å². The minimum atomic E-state index is -1.80. The molecule has 5 N–H and O–H groups in total. The van der Waals surface area contributed by atoms with E-state index in [1.54, 1.807) is 0 Å². The van der Waals surface area contributed by atoms with Crippen LogP contribution in [0.2, 0.25) is 0 Å². The molecule has 14 nitrogen and oxygen atoms in total. The first-order valence-corrected chi connectivity index (χ1v) is 12.4. The number of phenolic OH excluding ortho intramolecular Hbond substituents is 2. The summed E-state index contributed by atoms with van der Waals surface area (Å²) in [4.78, 5) is 25.3. The summed E-state index contributed by atoms with van der Waals surface area (Å²) in [5.74, 6) is -2.14. The highest BCUT2D eigenvalue weighted by molar-refractivity contribution is 5.88. The number of esters is 2. The standard InChI is InChI=1S/C28H32O14/c1-36-16-9-14(10-17(37-2)23(16)32)5-7-21(30)41-27-26(35)25(34)20(13-29)40-28(27)42-22(31)8-6-15-11-18(38-3)24(33)19(12-15)39-4/h5-12,20,25-29,32-35H,13H2,1-4H3/b7-5+,8-6+. The van der Waals surface area contributed by atoms with Crippen LogP contribution in [-0.2, 0) is 23.8 Å². The quantitative estimate of drug-likeness (QED) is 0.181. The first-order valence-electron chi connectivity index (χ1n) is 12.4. The molecule has 0 radical (unpaired) electrons. The second kappa shape index (κ2) is 14.4. The van der Waals surface area contributed by atoms with Gasteiger partial charge in [-0.3, -0.25) is 0 Å². The molecule has 1 heterocycles. The number of carbonyl (C=O) groups excluding carboxylic acids is 2. The lowest BCUT2D eigenvalue weighted by molar-refractivity contribution is -0.293. The van der Waals surface area contributed by atoms with E-state index in [1.807, 2.05) is 0 Å². The zero-order valence-corrected chi connectivity index (χ0v) is 23.1. The van der Waals surface area contributed by atoms with Gasteiger partial charge in [-0.25, -0.2) is 9.59 Å². The number of methoxy groups -OCH3 is 4. The average molecular weight is 593 g/mol. The third-order valence-electron chi connectivity index (χ3n) is 6.14. The highest BCUT2D eigenvalue weighted by atomic mass is 16.7. The van der Waals surface area contributed by atoms with Crippen LogP contribution in [0.5, 0.6) is 34.5 Å². The fourth-order valence-electron chi connectivity index (χ4n) is 3.95. The second-order valence-corrected chi connectivity index (χ2v) is 8.76. The molecule has 5 atom stereocenters. The van der Waals surface area contributed by atoms with Gasteiger partial charge in [0.15, 0.2) is 29.1 Å². The molecule has 0 amide bonds. The highest BCUT2D eigenvalue weighted by Crippen LogP contribution is 2.38. The van der Waals surface area contributed by atoms with Crippen molar-refractivity contribution in [3.63, 3.8) is 0 Å². The summed E-state index contributed by atoms with van der Waals surface area (Å²) in [6.45, 7) is -0.736. The zero-order valence-electron chi connectivity index (χ0n) is 23.1. The molecular formula is C28H32O14. The number of benzene rings is 2. The number of aliphatic hydroxyl groups excluding tert-OH is 3. The van der Waals surface area contributed by atoms with Crippen LogP contribution in [-0.4, -0.2) is 103 Å². The van der Waals surface area contributed by atoms with E-state index in [-0.39, 0.29) is 34.5 Å². The molecule has 1 aliphatic heterocycles. The maximum Gasteiger partial charge on any atom is 0.333 e. The van der Waals surface area contributed by atoms with E-state index in [2.05, 4.69) is 0 Å². The summed E-state index contributed by atoms with van der Waals surface area (Å²) in [6.07, 6.45) is -3.64. The van der Waals surface area contributed by atoms with Gasteiger partial charge in [0.1, 0.15) is 18.3 Å². The number of rotatable bonds is 11. The van der Waals surface area contributed by atoms with Gasteiger partial charge in [0.05, 0.1) is 35.0 Å². The van der Waals surface area contributed by atoms with Crippen LogP contribution in [0.3, 0.4) is 0 Å². The van der Waals surface area contributed by atoms with Gasteiger partial charge in [-0.2, -0.15) is 0 Å². The van der Waals surface area contributed by atoms with Crippen LogP contribution in [0.1, 0.15) is 11.1 Å². The van der Waals surface area contributed by atoms with Crippen molar-refractivity contribution in [2.45, 2.75) is 30.7 Å². The molecule has 14 heteroatoms. The molecule has 0 saturated carbocycles. The minimum absolute atomic E-state index is 0.0841. The van der Waals surface area contributed by atoms with Gasteiger partial charge in [-0.1, -0.05) is 0 Å². The Hall–Kier alpha value is -4.50. The molecule has 0 aromatic heterocycles. The lowest BCUT2D eigenvalue weighted by atomic mass is 9.99. The van der Waals surface area contributed by atoms with Crippen LogP contribution >= 0.6 is 0 Å². The molecule has 2 aromatic carbocycles. The first kappa shape index (κ1) is 32.0. The Kier molecular flexibility index (Phi) is 11.0. The van der Waals surface area contributed by atoms with E-state index in [0.717, 1.165) is 12.2 Å². The molecule has 2 aromatic rings. The van der Waals surface area contributed by atoms with E-state index in [1.165, 1.54) is 64.9 Å². The second-order valence-electron chi connectivity index (χ2n) is 8.76. The molecule has 228 valence electrons. The maximum atomic E-state index is 12.6. The third-order valence-corrected chi connectivity index (χ3v) is 6.14. The first-order chi connectivity index (χ1) is 20.1. The molecule has 0 aliphatic carbocycles. The van der Waals surface area contributed by atoms with Crippen LogP contribution in [0.25, 0.3) is 12.2 Å². The molecule has 3 rings (SSSR count). The zero-order chi connectivity index (χ0) is 31.0. The van der Waals surface area contributed by atoms with Crippen LogP contribution in [0.15, 0.2) is 36.4 Å². The number of aliphatic hydroxyl groups is 3. The number of phenols is 2. The smallest absolute Gasteiger partial charge is 0.333 e. The third kappa shape index (κ3) is 7.41. The largest absolute Gasteiger partial charge is 0.502 e. The summed E-state index contributed by atoms with van der Waals surface area (Å²) in [5, 5.41) is 50.5. The van der Waals surface area contributed by atoms with E-state index in [9.17, 15) is 35.1 Å². The fraction of sp³-hybridized carbons (Fsp3) is 0.357. The lowest BCUT2D eigenvalue weighted by Gasteiger charge is -2.40. The monoisotopic (exact) mass is 592 g/mol. The Morgan fingerprint density at radius 3 is 1.52 bits per heavy atom.